The molecule has 0 aliphatic heterocycles. The van der Waals surface area contributed by atoms with Crippen molar-refractivity contribution in [1.29, 1.82) is 0 Å². The first kappa shape index (κ1) is 18.9. The molecule has 0 saturated heterocycles. The van der Waals surface area contributed by atoms with Crippen LogP contribution in [0.5, 0.6) is 0 Å². The lowest BCUT2D eigenvalue weighted by molar-refractivity contribution is -0.0845. The normalized spacial score (nSPS) is 32.8. The van der Waals surface area contributed by atoms with Crippen molar-refractivity contribution in [3.63, 3.8) is 0 Å². The average Bonchev–Trinajstić information content (AvgIpc) is 2.17. The molecule has 1 saturated carbocycles. The van der Waals surface area contributed by atoms with Crippen molar-refractivity contribution in [2.24, 2.45) is 28.6 Å². The van der Waals surface area contributed by atoms with E-state index in [1.165, 1.54) is 25.7 Å². The molecule has 2 unspecified atom stereocenters. The largest absolute Gasteiger partial charge is 0.412 e. The Morgan fingerprint density at radius 2 is 1.26 bits per heavy atom. The Morgan fingerprint density at radius 1 is 0.895 bits per heavy atom. The molecule has 0 radical (unpaired) electrons. The van der Waals surface area contributed by atoms with Crippen LogP contribution >= 0.6 is 0 Å². The molecule has 0 aromatic heterocycles. The summed E-state index contributed by atoms with van der Waals surface area (Å²) < 4.78 is 0. The lowest BCUT2D eigenvalue weighted by Gasteiger charge is -2.49. The third-order valence-electron chi connectivity index (χ3n) is 4.92. The van der Waals surface area contributed by atoms with Gasteiger partial charge in [-0.25, -0.2) is 0 Å². The summed E-state index contributed by atoms with van der Waals surface area (Å²) in [5, 5.41) is 10.8. The molecule has 0 heterocycles. The summed E-state index contributed by atoms with van der Waals surface area (Å²) in [7, 11) is 0. The molecule has 2 heteroatoms. The van der Waals surface area contributed by atoms with Crippen molar-refractivity contribution < 1.29 is 10.6 Å². The van der Waals surface area contributed by atoms with Crippen LogP contribution in [0.4, 0.5) is 0 Å². The van der Waals surface area contributed by atoms with E-state index < -0.39 is 0 Å². The van der Waals surface area contributed by atoms with E-state index in [2.05, 4.69) is 48.5 Å². The maximum absolute atomic E-state index is 10.8. The summed E-state index contributed by atoms with van der Waals surface area (Å²) in [6, 6.07) is 0. The Kier molecular flexibility index (Phi) is 6.55. The van der Waals surface area contributed by atoms with Gasteiger partial charge in [-0.3, -0.25) is 0 Å². The van der Waals surface area contributed by atoms with E-state index in [1.807, 2.05) is 0 Å². The van der Waals surface area contributed by atoms with E-state index >= 15 is 0 Å². The first-order valence-electron chi connectivity index (χ1n) is 7.75. The first-order chi connectivity index (χ1) is 8.07. The minimum absolute atomic E-state index is 0. The highest BCUT2D eigenvalue weighted by atomic mass is 16.3. The summed E-state index contributed by atoms with van der Waals surface area (Å²) in [5.41, 5.74) is 0.435. The zero-order valence-electron chi connectivity index (χ0n) is 14.1. The standard InChI is InChI=1S/C17H34O.H2O/c1-8-9-12-10-13(16(2,3)4)15(18)14(11-12)17(5,6)7;/h12-15,18H,8-11H2,1-7H3;1H2. The Labute approximate surface area is 120 Å². The highest BCUT2D eigenvalue weighted by Gasteiger charge is 2.45. The zero-order valence-corrected chi connectivity index (χ0v) is 14.1. The van der Waals surface area contributed by atoms with E-state index in [9.17, 15) is 5.11 Å². The predicted octanol–water partition coefficient (Wildman–Crippen LogP) is 4.06. The number of rotatable bonds is 2. The molecular formula is C17H36O2. The number of hydrogen-bond acceptors (Lipinski definition) is 1. The van der Waals surface area contributed by atoms with Crippen LogP contribution in [0.2, 0.25) is 0 Å². The van der Waals surface area contributed by atoms with Crippen LogP contribution in [0.25, 0.3) is 0 Å². The Balaban J connectivity index is 0.00000324. The van der Waals surface area contributed by atoms with Crippen molar-refractivity contribution in [3.05, 3.63) is 0 Å². The number of hydrogen-bond donors (Lipinski definition) is 1. The summed E-state index contributed by atoms with van der Waals surface area (Å²) in [6.45, 7) is 16.0. The molecule has 2 atom stereocenters. The quantitative estimate of drug-likeness (QED) is 0.809. The molecule has 3 N–H and O–H groups in total. The first-order valence-corrected chi connectivity index (χ1v) is 7.75. The van der Waals surface area contributed by atoms with Gasteiger partial charge in [-0.05, 0) is 41.4 Å². The Hall–Kier alpha value is -0.0800. The molecule has 1 fully saturated rings. The molecule has 0 amide bonds. The Bertz CT molecular complexity index is 235. The van der Waals surface area contributed by atoms with Gasteiger partial charge in [0.05, 0.1) is 6.10 Å². The minimum atomic E-state index is -0.127. The van der Waals surface area contributed by atoms with E-state index in [0.717, 1.165) is 5.92 Å². The maximum Gasteiger partial charge on any atom is 0.0606 e. The molecule has 19 heavy (non-hydrogen) atoms. The van der Waals surface area contributed by atoms with Gasteiger partial charge in [0.15, 0.2) is 0 Å². The van der Waals surface area contributed by atoms with Crippen LogP contribution in [-0.4, -0.2) is 16.7 Å². The van der Waals surface area contributed by atoms with Crippen molar-refractivity contribution in [3.8, 4) is 0 Å². The molecular weight excluding hydrogens is 236 g/mol. The fourth-order valence-electron chi connectivity index (χ4n) is 3.75. The van der Waals surface area contributed by atoms with Crippen LogP contribution < -0.4 is 0 Å². The van der Waals surface area contributed by atoms with Crippen LogP contribution in [0.15, 0.2) is 0 Å². The van der Waals surface area contributed by atoms with Gasteiger partial charge >= 0.3 is 0 Å². The molecule has 116 valence electrons. The zero-order chi connectivity index (χ0) is 14.1. The summed E-state index contributed by atoms with van der Waals surface area (Å²) >= 11 is 0. The fourth-order valence-corrected chi connectivity index (χ4v) is 3.75. The van der Waals surface area contributed by atoms with Crippen molar-refractivity contribution in [1.82, 2.24) is 0 Å². The molecule has 1 aliphatic rings. The summed E-state index contributed by atoms with van der Waals surface area (Å²) in [4.78, 5) is 0. The van der Waals surface area contributed by atoms with Gasteiger partial charge in [0.2, 0.25) is 0 Å². The molecule has 0 bridgehead atoms. The lowest BCUT2D eigenvalue weighted by Crippen LogP contribution is -2.47. The maximum atomic E-state index is 10.8. The molecule has 0 aromatic rings. The van der Waals surface area contributed by atoms with Crippen molar-refractivity contribution in [2.45, 2.75) is 80.3 Å². The van der Waals surface area contributed by atoms with Crippen molar-refractivity contribution >= 4 is 0 Å². The van der Waals surface area contributed by atoms with Gasteiger partial charge in [-0.2, -0.15) is 0 Å². The third-order valence-corrected chi connectivity index (χ3v) is 4.92. The smallest absolute Gasteiger partial charge is 0.0606 e. The average molecular weight is 272 g/mol. The van der Waals surface area contributed by atoms with Crippen LogP contribution in [0, 0.1) is 28.6 Å². The van der Waals surface area contributed by atoms with E-state index in [0.29, 0.717) is 11.8 Å². The van der Waals surface area contributed by atoms with Crippen LogP contribution in [0.1, 0.15) is 74.1 Å². The molecule has 1 rings (SSSR count). The molecule has 1 aliphatic carbocycles. The third kappa shape index (κ3) is 4.75. The summed E-state index contributed by atoms with van der Waals surface area (Å²) in [6.07, 6.45) is 4.90. The number of aliphatic hydroxyl groups excluding tert-OH is 1. The van der Waals surface area contributed by atoms with E-state index in [1.54, 1.807) is 0 Å². The van der Waals surface area contributed by atoms with Gasteiger partial charge in [0.1, 0.15) is 0 Å². The van der Waals surface area contributed by atoms with E-state index in [-0.39, 0.29) is 22.4 Å². The van der Waals surface area contributed by atoms with Gasteiger partial charge in [0, 0.05) is 0 Å². The fraction of sp³-hybridized carbons (Fsp3) is 1.00. The predicted molar refractivity (Wildman–Crippen MR) is 83.1 cm³/mol. The van der Waals surface area contributed by atoms with Crippen LogP contribution in [0.3, 0.4) is 0 Å². The minimum Gasteiger partial charge on any atom is -0.412 e. The molecule has 0 spiro atoms. The van der Waals surface area contributed by atoms with Crippen LogP contribution in [-0.2, 0) is 0 Å². The second-order valence-electron chi connectivity index (χ2n) is 8.56. The van der Waals surface area contributed by atoms with E-state index in [4.69, 9.17) is 0 Å². The monoisotopic (exact) mass is 272 g/mol. The SMILES string of the molecule is CCCC1CC(C(C)(C)C)C(O)C(C(C)(C)C)C1.O. The van der Waals surface area contributed by atoms with Gasteiger partial charge in [-0.1, -0.05) is 61.3 Å². The lowest BCUT2D eigenvalue weighted by atomic mass is 9.58. The molecule has 0 aromatic carbocycles. The molecule has 2 nitrogen and oxygen atoms in total. The Morgan fingerprint density at radius 3 is 1.53 bits per heavy atom. The highest BCUT2D eigenvalue weighted by Crippen LogP contribution is 2.49. The highest BCUT2D eigenvalue weighted by molar-refractivity contribution is 4.95. The number of aliphatic hydroxyl groups is 1. The van der Waals surface area contributed by atoms with Gasteiger partial charge in [0.25, 0.3) is 0 Å². The summed E-state index contributed by atoms with van der Waals surface area (Å²) in [5.74, 6) is 1.71. The second-order valence-corrected chi connectivity index (χ2v) is 8.56. The topological polar surface area (TPSA) is 51.7 Å². The van der Waals surface area contributed by atoms with Gasteiger partial charge < -0.3 is 10.6 Å². The van der Waals surface area contributed by atoms with Crippen molar-refractivity contribution in [2.75, 3.05) is 0 Å². The van der Waals surface area contributed by atoms with Gasteiger partial charge in [-0.15, -0.1) is 0 Å². The second kappa shape index (κ2) is 6.58.